The average molecular weight is 523 g/mol. The maximum absolute atomic E-state index is 13.3. The summed E-state index contributed by atoms with van der Waals surface area (Å²) in [7, 11) is 0. The van der Waals surface area contributed by atoms with Gasteiger partial charge in [-0.15, -0.1) is 23.2 Å². The van der Waals surface area contributed by atoms with E-state index in [1.807, 2.05) is 0 Å². The van der Waals surface area contributed by atoms with Crippen molar-refractivity contribution in [1.29, 1.82) is 0 Å². The minimum atomic E-state index is -0.755. The predicted molar refractivity (Wildman–Crippen MR) is 127 cm³/mol. The summed E-state index contributed by atoms with van der Waals surface area (Å²) in [5, 5.41) is 16.8. The smallest absolute Gasteiger partial charge is 0.246 e. The molecule has 0 aromatic heterocycles. The molecule has 7 nitrogen and oxygen atoms in total. The first kappa shape index (κ1) is 26.4. The fraction of sp³-hybridized carbons (Fsp3) is 0.917. The van der Waals surface area contributed by atoms with Crippen molar-refractivity contribution in [2.24, 2.45) is 0 Å². The molecule has 194 valence electrons. The van der Waals surface area contributed by atoms with Crippen LogP contribution in [0.5, 0.6) is 0 Å². The van der Waals surface area contributed by atoms with Crippen molar-refractivity contribution < 1.29 is 28.6 Å². The molecule has 5 aliphatic carbocycles. The summed E-state index contributed by atoms with van der Waals surface area (Å²) >= 11 is 12.4. The van der Waals surface area contributed by atoms with Crippen molar-refractivity contribution in [1.82, 2.24) is 10.6 Å². The van der Waals surface area contributed by atoms with Crippen LogP contribution in [0.1, 0.15) is 77.0 Å². The predicted octanol–water partition coefficient (Wildman–Crippen LogP) is 3.12. The molecular weight excluding hydrogens is 486 g/mol. The van der Waals surface area contributed by atoms with E-state index in [2.05, 4.69) is 10.6 Å². The van der Waals surface area contributed by atoms with Crippen LogP contribution < -0.4 is 10.6 Å². The molecule has 0 saturated heterocycles. The maximum Gasteiger partial charge on any atom is 0.246 e. The number of alkyl halides is 3. The second-order valence-corrected chi connectivity index (χ2v) is 11.8. The van der Waals surface area contributed by atoms with E-state index in [4.69, 9.17) is 32.7 Å². The summed E-state index contributed by atoms with van der Waals surface area (Å²) in [6, 6.07) is 0. The van der Waals surface area contributed by atoms with Gasteiger partial charge in [-0.3, -0.25) is 9.59 Å². The number of nitrogens with one attached hydrogen (secondary N) is 2. The average Bonchev–Trinajstić information content (AvgIpc) is 2.81. The third-order valence-electron chi connectivity index (χ3n) is 8.26. The topological polar surface area (TPSA) is 96.9 Å². The summed E-state index contributed by atoms with van der Waals surface area (Å²) in [6.07, 6.45) is 5.70. The Balaban J connectivity index is 1.20. The number of ether oxygens (including phenoxy) is 2. The lowest BCUT2D eigenvalue weighted by Gasteiger charge is -2.56. The second-order valence-electron chi connectivity index (χ2n) is 10.7. The Kier molecular flexibility index (Phi) is 8.66. The fourth-order valence-corrected chi connectivity index (χ4v) is 6.63. The van der Waals surface area contributed by atoms with Gasteiger partial charge >= 0.3 is 0 Å². The van der Waals surface area contributed by atoms with E-state index in [0.717, 1.165) is 12.8 Å². The van der Waals surface area contributed by atoms with Crippen LogP contribution in [0, 0.1) is 0 Å². The third kappa shape index (κ3) is 6.36. The highest BCUT2D eigenvalue weighted by atomic mass is 35.5. The summed E-state index contributed by atoms with van der Waals surface area (Å²) < 4.78 is 24.7. The minimum absolute atomic E-state index is 0.0481. The molecule has 0 aromatic rings. The number of fused-ring (bicyclic) bond motifs is 3. The maximum atomic E-state index is 13.3. The largest absolute Gasteiger partial charge is 0.391 e. The van der Waals surface area contributed by atoms with Crippen molar-refractivity contribution >= 4 is 35.0 Å². The van der Waals surface area contributed by atoms with Crippen molar-refractivity contribution in [3.8, 4) is 0 Å². The lowest BCUT2D eigenvalue weighted by atomic mass is 9.60. The summed E-state index contributed by atoms with van der Waals surface area (Å²) in [5.41, 5.74) is -1.16. The molecule has 5 aliphatic rings. The molecule has 0 aliphatic heterocycles. The van der Waals surface area contributed by atoms with E-state index in [9.17, 15) is 19.1 Å². The van der Waals surface area contributed by atoms with Gasteiger partial charge in [0.2, 0.25) is 11.8 Å². The highest BCUT2D eigenvalue weighted by Gasteiger charge is 2.55. The zero-order valence-electron chi connectivity index (χ0n) is 19.6. The SMILES string of the molecule is O=C(COC1CCC(F)CC1)NC12CCC(NC(=O)COC3CCC(Cl)C(Cl)C3)(CC1)[C@@H](O)C2. The van der Waals surface area contributed by atoms with E-state index < -0.39 is 23.4 Å². The van der Waals surface area contributed by atoms with E-state index >= 15 is 0 Å². The Morgan fingerprint density at radius 3 is 2.06 bits per heavy atom. The number of halogens is 3. The summed E-state index contributed by atoms with van der Waals surface area (Å²) in [5.74, 6) is -0.446. The molecule has 2 amide bonds. The lowest BCUT2D eigenvalue weighted by Crippen LogP contribution is -2.70. The van der Waals surface area contributed by atoms with Gasteiger partial charge in [0.1, 0.15) is 19.4 Å². The molecule has 0 radical (unpaired) electrons. The zero-order chi connectivity index (χ0) is 24.3. The van der Waals surface area contributed by atoms with Crippen LogP contribution in [0.15, 0.2) is 0 Å². The Bertz CT molecular complexity index is 728. The van der Waals surface area contributed by atoms with Crippen LogP contribution in [0.2, 0.25) is 0 Å². The van der Waals surface area contributed by atoms with Crippen LogP contribution >= 0.6 is 23.2 Å². The van der Waals surface area contributed by atoms with Crippen LogP contribution in [-0.2, 0) is 19.1 Å². The molecule has 5 saturated carbocycles. The van der Waals surface area contributed by atoms with Crippen molar-refractivity contribution in [2.75, 3.05) is 13.2 Å². The Morgan fingerprint density at radius 2 is 1.44 bits per heavy atom. The number of carbonyl (C=O) groups is 2. The van der Waals surface area contributed by atoms with Crippen LogP contribution in [0.3, 0.4) is 0 Å². The van der Waals surface area contributed by atoms with Gasteiger partial charge in [-0.05, 0) is 77.0 Å². The Labute approximate surface area is 210 Å². The standard InChI is InChI=1S/C24H37Cl2FN2O5/c25-18-6-5-17(11-19(18)26)34-14-22(32)29-24-9-7-23(8-10-24,12-20(24)30)28-21(31)13-33-16-3-1-15(27)2-4-16/h15-20,30H,1-14H2,(H,28,31)(H,29,32)/t15?,16?,17?,18?,19?,20-,23?,24?/m0/s1. The van der Waals surface area contributed by atoms with E-state index in [0.29, 0.717) is 64.2 Å². The van der Waals surface area contributed by atoms with E-state index in [1.54, 1.807) is 0 Å². The third-order valence-corrected chi connectivity index (χ3v) is 9.40. The summed E-state index contributed by atoms with van der Waals surface area (Å²) in [4.78, 5) is 25.2. The minimum Gasteiger partial charge on any atom is -0.391 e. The molecule has 4 atom stereocenters. The molecule has 0 spiro atoms. The Morgan fingerprint density at radius 1 is 0.853 bits per heavy atom. The monoisotopic (exact) mass is 522 g/mol. The molecule has 0 aromatic carbocycles. The van der Waals surface area contributed by atoms with Crippen molar-refractivity contribution in [3.63, 3.8) is 0 Å². The molecule has 2 bridgehead atoms. The van der Waals surface area contributed by atoms with Crippen LogP contribution in [-0.4, -0.2) is 76.5 Å². The number of rotatable bonds is 8. The molecular formula is C24H37Cl2FN2O5. The first-order valence-corrected chi connectivity index (χ1v) is 13.5. The van der Waals surface area contributed by atoms with Crippen LogP contribution in [0.4, 0.5) is 4.39 Å². The van der Waals surface area contributed by atoms with Crippen molar-refractivity contribution in [2.45, 2.75) is 123 Å². The number of hydrogen-bond acceptors (Lipinski definition) is 5. The molecule has 5 rings (SSSR count). The van der Waals surface area contributed by atoms with Gasteiger partial charge in [-0.25, -0.2) is 4.39 Å². The first-order valence-electron chi connectivity index (χ1n) is 12.6. The van der Waals surface area contributed by atoms with Gasteiger partial charge in [0.15, 0.2) is 0 Å². The number of aliphatic hydroxyl groups is 1. The molecule has 10 heteroatoms. The molecule has 34 heavy (non-hydrogen) atoms. The zero-order valence-corrected chi connectivity index (χ0v) is 21.1. The molecule has 3 N–H and O–H groups in total. The van der Waals surface area contributed by atoms with Crippen LogP contribution in [0.25, 0.3) is 0 Å². The second kappa shape index (κ2) is 11.2. The lowest BCUT2D eigenvalue weighted by molar-refractivity contribution is -0.141. The molecule has 0 heterocycles. The number of hydrogen-bond donors (Lipinski definition) is 3. The van der Waals surface area contributed by atoms with E-state index in [1.165, 1.54) is 0 Å². The highest BCUT2D eigenvalue weighted by Crippen LogP contribution is 2.47. The van der Waals surface area contributed by atoms with Gasteiger partial charge in [0.05, 0.1) is 34.6 Å². The molecule has 5 fully saturated rings. The normalized spacial score (nSPS) is 42.2. The van der Waals surface area contributed by atoms with Gasteiger partial charge in [0.25, 0.3) is 0 Å². The summed E-state index contributed by atoms with van der Waals surface area (Å²) in [6.45, 7) is -0.118. The first-order chi connectivity index (χ1) is 16.2. The quantitative estimate of drug-likeness (QED) is 0.425. The van der Waals surface area contributed by atoms with Gasteiger partial charge < -0.3 is 25.2 Å². The van der Waals surface area contributed by atoms with Gasteiger partial charge in [-0.2, -0.15) is 0 Å². The van der Waals surface area contributed by atoms with Crippen molar-refractivity contribution in [3.05, 3.63) is 0 Å². The fourth-order valence-electron chi connectivity index (χ4n) is 6.08. The van der Waals surface area contributed by atoms with Gasteiger partial charge in [0, 0.05) is 5.54 Å². The highest BCUT2D eigenvalue weighted by molar-refractivity contribution is 6.30. The molecule has 3 unspecified atom stereocenters. The number of amides is 2. The number of aliphatic hydroxyl groups excluding tert-OH is 1. The van der Waals surface area contributed by atoms with E-state index in [-0.39, 0.29) is 48.0 Å². The number of carbonyl (C=O) groups excluding carboxylic acids is 2. The van der Waals surface area contributed by atoms with Gasteiger partial charge in [-0.1, -0.05) is 0 Å². The Hall–Kier alpha value is -0.670.